The molecule has 46 heavy (non-hydrogen) atoms. The maximum atomic E-state index is 13.3. The van der Waals surface area contributed by atoms with Crippen molar-refractivity contribution in [3.63, 3.8) is 0 Å². The summed E-state index contributed by atoms with van der Waals surface area (Å²) in [7, 11) is 2.16. The van der Waals surface area contributed by atoms with Crippen molar-refractivity contribution in [3.8, 4) is 5.75 Å². The fourth-order valence-electron chi connectivity index (χ4n) is 7.90. The van der Waals surface area contributed by atoms with E-state index in [1.807, 2.05) is 38.1 Å². The number of hydrogen-bond acceptors (Lipinski definition) is 7. The van der Waals surface area contributed by atoms with Crippen molar-refractivity contribution in [1.82, 2.24) is 20.5 Å². The van der Waals surface area contributed by atoms with Crippen LogP contribution in [-0.4, -0.2) is 80.2 Å². The number of hydrogen-bond donors (Lipinski definition) is 2. The third-order valence-electron chi connectivity index (χ3n) is 10.6. The number of benzene rings is 2. The molecule has 4 heterocycles. The summed E-state index contributed by atoms with van der Waals surface area (Å²) >= 11 is 0. The van der Waals surface area contributed by atoms with Gasteiger partial charge in [0.05, 0.1) is 18.2 Å². The number of piperidine rings is 1. The van der Waals surface area contributed by atoms with E-state index in [1.165, 1.54) is 11.3 Å². The topological polar surface area (TPSA) is 90.0 Å². The molecule has 4 aliphatic rings. The third kappa shape index (κ3) is 6.17. The number of pyridine rings is 1. The van der Waals surface area contributed by atoms with Crippen LogP contribution in [0.3, 0.4) is 0 Å². The van der Waals surface area contributed by atoms with Gasteiger partial charge >= 0.3 is 0 Å². The Bertz CT molecular complexity index is 1570. The number of amides is 2. The fraction of sp³-hybridized carbons (Fsp3) is 0.486. The van der Waals surface area contributed by atoms with E-state index in [1.54, 1.807) is 6.20 Å². The zero-order valence-electron chi connectivity index (χ0n) is 27.3. The van der Waals surface area contributed by atoms with E-state index in [2.05, 4.69) is 56.6 Å². The van der Waals surface area contributed by atoms with Gasteiger partial charge in [0.15, 0.2) is 0 Å². The van der Waals surface area contributed by atoms with Crippen molar-refractivity contribution >= 4 is 23.3 Å². The summed E-state index contributed by atoms with van der Waals surface area (Å²) in [4.78, 5) is 38.4. The molecule has 242 valence electrons. The second-order valence-corrected chi connectivity index (χ2v) is 13.6. The van der Waals surface area contributed by atoms with Crippen LogP contribution >= 0.6 is 0 Å². The highest BCUT2D eigenvalue weighted by molar-refractivity contribution is 5.97. The predicted molar refractivity (Wildman–Crippen MR) is 181 cm³/mol. The van der Waals surface area contributed by atoms with Crippen LogP contribution in [0, 0.1) is 12.8 Å². The van der Waals surface area contributed by atoms with Crippen molar-refractivity contribution in [1.29, 1.82) is 0 Å². The lowest BCUT2D eigenvalue weighted by Crippen LogP contribution is -2.44. The predicted octanol–water partition coefficient (Wildman–Crippen LogP) is 4.75. The Labute approximate surface area is 272 Å². The first kappa shape index (κ1) is 30.5. The summed E-state index contributed by atoms with van der Waals surface area (Å²) in [5.41, 5.74) is 5.70. The van der Waals surface area contributed by atoms with Crippen LogP contribution in [0.2, 0.25) is 0 Å². The second-order valence-electron chi connectivity index (χ2n) is 13.6. The van der Waals surface area contributed by atoms with Crippen molar-refractivity contribution in [2.24, 2.45) is 5.92 Å². The number of nitrogens with zero attached hydrogens (tertiary/aromatic N) is 4. The monoisotopic (exact) mass is 622 g/mol. The van der Waals surface area contributed by atoms with E-state index in [9.17, 15) is 9.59 Å². The molecular weight excluding hydrogens is 576 g/mol. The Kier molecular flexibility index (Phi) is 8.60. The van der Waals surface area contributed by atoms with E-state index in [0.717, 1.165) is 87.5 Å². The van der Waals surface area contributed by atoms with Gasteiger partial charge in [0, 0.05) is 74.2 Å². The summed E-state index contributed by atoms with van der Waals surface area (Å²) in [6.07, 6.45) is 6.73. The van der Waals surface area contributed by atoms with Crippen LogP contribution in [0.4, 0.5) is 11.5 Å². The summed E-state index contributed by atoms with van der Waals surface area (Å²) in [6, 6.07) is 16.7. The Balaban J connectivity index is 0.950. The highest BCUT2D eigenvalue weighted by Gasteiger charge is 2.41. The van der Waals surface area contributed by atoms with E-state index in [0.29, 0.717) is 29.7 Å². The summed E-state index contributed by atoms with van der Waals surface area (Å²) in [5.74, 6) is 2.16. The van der Waals surface area contributed by atoms with Crippen molar-refractivity contribution < 1.29 is 14.3 Å². The number of carbonyl (C=O) groups is 2. The molecule has 3 unspecified atom stereocenters. The van der Waals surface area contributed by atoms with Crippen LogP contribution in [0.25, 0.3) is 0 Å². The maximum absolute atomic E-state index is 13.3. The van der Waals surface area contributed by atoms with Crippen molar-refractivity contribution in [2.45, 2.75) is 64.1 Å². The molecule has 0 radical (unpaired) electrons. The van der Waals surface area contributed by atoms with Crippen LogP contribution in [-0.2, 0) is 6.42 Å². The first-order valence-corrected chi connectivity index (χ1v) is 17.0. The zero-order valence-corrected chi connectivity index (χ0v) is 27.3. The first-order chi connectivity index (χ1) is 22.3. The second kappa shape index (κ2) is 12.9. The van der Waals surface area contributed by atoms with Crippen LogP contribution < -0.4 is 25.2 Å². The number of rotatable bonds is 7. The van der Waals surface area contributed by atoms with Crippen LogP contribution in [0.15, 0.2) is 54.7 Å². The number of nitrogens with one attached hydrogen (secondary N) is 2. The molecule has 3 fully saturated rings. The van der Waals surface area contributed by atoms with Crippen molar-refractivity contribution in [3.05, 3.63) is 82.5 Å². The molecule has 4 atom stereocenters. The average Bonchev–Trinajstić information content (AvgIpc) is 3.73. The molecule has 2 amide bonds. The highest BCUT2D eigenvalue weighted by Crippen LogP contribution is 2.39. The van der Waals surface area contributed by atoms with Gasteiger partial charge in [-0.3, -0.25) is 9.59 Å². The third-order valence-corrected chi connectivity index (χ3v) is 10.6. The Morgan fingerprint density at radius 2 is 1.76 bits per heavy atom. The SMILES string of the molecule is Cc1c(C(=O)NC2CC3CCCN(c4ccc(C(=O)N[C@@H](C)c5ccc(N6CCN(C)CC6)cc5)cn4)C3C2)ccc2c1OCC2. The molecule has 2 N–H and O–H groups in total. The molecule has 3 aromatic rings. The Morgan fingerprint density at radius 1 is 0.957 bits per heavy atom. The molecule has 9 heteroatoms. The summed E-state index contributed by atoms with van der Waals surface area (Å²) in [5, 5.41) is 6.48. The summed E-state index contributed by atoms with van der Waals surface area (Å²) in [6.45, 7) is 9.84. The first-order valence-electron chi connectivity index (χ1n) is 17.0. The minimum Gasteiger partial charge on any atom is -0.493 e. The van der Waals surface area contributed by atoms with Gasteiger partial charge in [0.2, 0.25) is 0 Å². The molecule has 0 bridgehead atoms. The number of aromatic nitrogens is 1. The number of piperazine rings is 1. The standard InChI is InChI=1S/C37H46N6O3/c1-24-32(12-8-27-14-20-46-35(24)27)37(45)40-30-21-28-5-4-15-43(33(28)22-30)34-13-9-29(23-38-34)36(44)39-25(2)26-6-10-31(11-7-26)42-18-16-41(3)17-19-42/h6-13,23,25,28,30,33H,4-5,14-22H2,1-3H3,(H,39,44)(H,40,45)/t25-,28?,30?,33?/m0/s1. The van der Waals surface area contributed by atoms with E-state index >= 15 is 0 Å². The molecule has 9 nitrogen and oxygen atoms in total. The van der Waals surface area contributed by atoms with E-state index < -0.39 is 0 Å². The van der Waals surface area contributed by atoms with Crippen molar-refractivity contribution in [2.75, 3.05) is 56.2 Å². The highest BCUT2D eigenvalue weighted by atomic mass is 16.5. The minimum atomic E-state index is -0.123. The van der Waals surface area contributed by atoms with Crippen LogP contribution in [0.5, 0.6) is 5.75 Å². The lowest BCUT2D eigenvalue weighted by Gasteiger charge is -2.38. The number of fused-ring (bicyclic) bond motifs is 2. The van der Waals surface area contributed by atoms with Gasteiger partial charge in [-0.15, -0.1) is 0 Å². The van der Waals surface area contributed by atoms with Gasteiger partial charge in [-0.1, -0.05) is 18.2 Å². The fourth-order valence-corrected chi connectivity index (χ4v) is 7.90. The molecule has 1 saturated carbocycles. The number of ether oxygens (including phenoxy) is 1. The number of likely N-dealkylation sites (N-methyl/N-ethyl adjacent to an activating group) is 1. The normalized spacial score (nSPS) is 23.3. The molecular formula is C37H46N6O3. The lowest BCUT2D eigenvalue weighted by atomic mass is 9.92. The molecule has 0 spiro atoms. The minimum absolute atomic E-state index is 0.0142. The molecule has 3 aliphatic heterocycles. The van der Waals surface area contributed by atoms with Gasteiger partial charge in [-0.2, -0.15) is 0 Å². The Morgan fingerprint density at radius 3 is 2.52 bits per heavy atom. The summed E-state index contributed by atoms with van der Waals surface area (Å²) < 4.78 is 5.80. The van der Waals surface area contributed by atoms with Gasteiger partial charge in [-0.25, -0.2) is 4.98 Å². The molecule has 2 saturated heterocycles. The maximum Gasteiger partial charge on any atom is 0.253 e. The quantitative estimate of drug-likeness (QED) is 0.393. The molecule has 7 rings (SSSR count). The molecule has 2 aromatic carbocycles. The number of anilines is 2. The zero-order chi connectivity index (χ0) is 31.8. The molecule has 1 aromatic heterocycles. The van der Waals surface area contributed by atoms with Gasteiger partial charge in [0.25, 0.3) is 11.8 Å². The van der Waals surface area contributed by atoms with Gasteiger partial charge < -0.3 is 30.1 Å². The lowest BCUT2D eigenvalue weighted by molar-refractivity contribution is 0.0929. The average molecular weight is 623 g/mol. The van der Waals surface area contributed by atoms with Gasteiger partial charge in [0.1, 0.15) is 11.6 Å². The van der Waals surface area contributed by atoms with E-state index in [4.69, 9.17) is 9.72 Å². The smallest absolute Gasteiger partial charge is 0.253 e. The largest absolute Gasteiger partial charge is 0.493 e. The van der Waals surface area contributed by atoms with E-state index in [-0.39, 0.29) is 23.9 Å². The van der Waals surface area contributed by atoms with Crippen LogP contribution in [0.1, 0.15) is 76.1 Å². The molecule has 1 aliphatic carbocycles. The Hall–Kier alpha value is -4.11. The number of carbonyl (C=O) groups excluding carboxylic acids is 2. The van der Waals surface area contributed by atoms with Gasteiger partial charge in [-0.05, 0) is 94.0 Å².